The third-order valence-corrected chi connectivity index (χ3v) is 5.13. The van der Waals surface area contributed by atoms with Crippen LogP contribution in [0.15, 0.2) is 21.0 Å². The summed E-state index contributed by atoms with van der Waals surface area (Å²) in [4.78, 5) is 37.6. The SMILES string of the molecule is CC(C)Cn1c(=O)c2sccc2n(CC(=O)NCC2CCCO2)c1=O. The molecule has 1 saturated heterocycles. The lowest BCUT2D eigenvalue weighted by Crippen LogP contribution is -2.43. The van der Waals surface area contributed by atoms with Crippen molar-refractivity contribution in [3.8, 4) is 0 Å². The predicted octanol–water partition coefficient (Wildman–Crippen LogP) is 1.18. The number of rotatable bonds is 6. The summed E-state index contributed by atoms with van der Waals surface area (Å²) in [6.07, 6.45) is 2.00. The maximum Gasteiger partial charge on any atom is 0.332 e. The first kappa shape index (κ1) is 17.9. The smallest absolute Gasteiger partial charge is 0.332 e. The van der Waals surface area contributed by atoms with E-state index in [0.29, 0.717) is 23.3 Å². The van der Waals surface area contributed by atoms with Gasteiger partial charge in [-0.1, -0.05) is 13.8 Å². The summed E-state index contributed by atoms with van der Waals surface area (Å²) in [6.45, 7) is 5.31. The van der Waals surface area contributed by atoms with Crippen LogP contribution in [0.2, 0.25) is 0 Å². The fraction of sp³-hybridized carbons (Fsp3) is 0.588. The predicted molar refractivity (Wildman–Crippen MR) is 97.2 cm³/mol. The van der Waals surface area contributed by atoms with Crippen LogP contribution < -0.4 is 16.6 Å². The van der Waals surface area contributed by atoms with Crippen LogP contribution in [-0.4, -0.2) is 34.3 Å². The molecule has 0 radical (unpaired) electrons. The summed E-state index contributed by atoms with van der Waals surface area (Å²) in [5.74, 6) is -0.0931. The van der Waals surface area contributed by atoms with Gasteiger partial charge in [0.1, 0.15) is 11.2 Å². The Labute approximate surface area is 149 Å². The summed E-state index contributed by atoms with van der Waals surface area (Å²) < 4.78 is 8.62. The number of hydrogen-bond acceptors (Lipinski definition) is 5. The quantitative estimate of drug-likeness (QED) is 0.833. The number of ether oxygens (including phenoxy) is 1. The molecule has 2 aromatic rings. The van der Waals surface area contributed by atoms with Gasteiger partial charge >= 0.3 is 5.69 Å². The number of carbonyl (C=O) groups excluding carboxylic acids is 1. The Kier molecular flexibility index (Phi) is 5.39. The van der Waals surface area contributed by atoms with Gasteiger partial charge in [0.2, 0.25) is 5.91 Å². The molecule has 7 nitrogen and oxygen atoms in total. The van der Waals surface area contributed by atoms with Crippen LogP contribution >= 0.6 is 11.3 Å². The van der Waals surface area contributed by atoms with E-state index in [2.05, 4.69) is 5.32 Å². The highest BCUT2D eigenvalue weighted by Gasteiger charge is 2.19. The fourth-order valence-electron chi connectivity index (χ4n) is 3.04. The van der Waals surface area contributed by atoms with E-state index in [1.807, 2.05) is 13.8 Å². The molecule has 1 aliphatic rings. The second-order valence-corrected chi connectivity index (χ2v) is 7.67. The third-order valence-electron chi connectivity index (χ3n) is 4.24. The van der Waals surface area contributed by atoms with Crippen LogP contribution in [-0.2, 0) is 22.6 Å². The monoisotopic (exact) mass is 365 g/mol. The van der Waals surface area contributed by atoms with Crippen LogP contribution in [0, 0.1) is 5.92 Å². The Morgan fingerprint density at radius 2 is 2.20 bits per heavy atom. The van der Waals surface area contributed by atoms with Crippen molar-refractivity contribution in [3.05, 3.63) is 32.3 Å². The number of fused-ring (bicyclic) bond motifs is 1. The van der Waals surface area contributed by atoms with Crippen molar-refractivity contribution in [2.75, 3.05) is 13.2 Å². The topological polar surface area (TPSA) is 82.3 Å². The minimum absolute atomic E-state index is 0.0525. The number of nitrogens with zero attached hydrogens (tertiary/aromatic N) is 2. The molecule has 3 rings (SSSR count). The molecule has 0 aliphatic carbocycles. The van der Waals surface area contributed by atoms with Gasteiger partial charge in [0.05, 0.1) is 11.6 Å². The molecule has 1 amide bonds. The Balaban J connectivity index is 1.86. The first-order valence-corrected chi connectivity index (χ1v) is 9.44. The average molecular weight is 365 g/mol. The summed E-state index contributed by atoms with van der Waals surface area (Å²) >= 11 is 1.29. The lowest BCUT2D eigenvalue weighted by atomic mass is 10.2. The minimum atomic E-state index is -0.433. The average Bonchev–Trinajstić information content (AvgIpc) is 3.24. The first-order chi connectivity index (χ1) is 12.0. The molecule has 0 saturated carbocycles. The number of thiophene rings is 1. The molecule has 1 N–H and O–H groups in total. The molecule has 1 fully saturated rings. The Hall–Kier alpha value is -1.93. The first-order valence-electron chi connectivity index (χ1n) is 8.56. The van der Waals surface area contributed by atoms with Gasteiger partial charge in [0.15, 0.2) is 0 Å². The zero-order valence-electron chi connectivity index (χ0n) is 14.5. The van der Waals surface area contributed by atoms with Gasteiger partial charge in [-0.2, -0.15) is 0 Å². The van der Waals surface area contributed by atoms with Crippen molar-refractivity contribution >= 4 is 27.5 Å². The maximum atomic E-state index is 12.8. The number of amides is 1. The second-order valence-electron chi connectivity index (χ2n) is 6.75. The van der Waals surface area contributed by atoms with Crippen molar-refractivity contribution in [1.82, 2.24) is 14.5 Å². The van der Waals surface area contributed by atoms with Crippen molar-refractivity contribution in [1.29, 1.82) is 0 Å². The summed E-state index contributed by atoms with van der Waals surface area (Å²) in [7, 11) is 0. The molecule has 2 aromatic heterocycles. The van der Waals surface area contributed by atoms with Gasteiger partial charge in [0.25, 0.3) is 5.56 Å². The van der Waals surface area contributed by atoms with Gasteiger partial charge in [-0.05, 0) is 30.2 Å². The zero-order valence-corrected chi connectivity index (χ0v) is 15.3. The molecule has 3 heterocycles. The third kappa shape index (κ3) is 3.85. The molecule has 0 aromatic carbocycles. The molecule has 25 heavy (non-hydrogen) atoms. The standard InChI is InChI=1S/C17H23N3O4S/c1-11(2)9-20-16(22)15-13(5-7-25-15)19(17(20)23)10-14(21)18-8-12-4-3-6-24-12/h5,7,11-12H,3-4,6,8-10H2,1-2H3,(H,18,21). The fourth-order valence-corrected chi connectivity index (χ4v) is 3.89. The number of nitrogens with one attached hydrogen (secondary N) is 1. The van der Waals surface area contributed by atoms with Crippen molar-refractivity contribution in [2.45, 2.75) is 45.9 Å². The van der Waals surface area contributed by atoms with Gasteiger partial charge in [0, 0.05) is 19.7 Å². The summed E-state index contributed by atoms with van der Waals surface area (Å²) in [5, 5.41) is 4.59. The molecular formula is C17H23N3O4S. The molecule has 0 spiro atoms. The number of aromatic nitrogens is 2. The van der Waals surface area contributed by atoms with Crippen molar-refractivity contribution in [3.63, 3.8) is 0 Å². The largest absolute Gasteiger partial charge is 0.376 e. The minimum Gasteiger partial charge on any atom is -0.376 e. The zero-order chi connectivity index (χ0) is 18.0. The molecule has 8 heteroatoms. The molecule has 1 unspecified atom stereocenters. The lowest BCUT2D eigenvalue weighted by Gasteiger charge is -2.14. The van der Waals surface area contributed by atoms with Crippen molar-refractivity contribution in [2.24, 2.45) is 5.92 Å². The highest BCUT2D eigenvalue weighted by atomic mass is 32.1. The lowest BCUT2D eigenvalue weighted by molar-refractivity contribution is -0.122. The van der Waals surface area contributed by atoms with E-state index < -0.39 is 5.69 Å². The van der Waals surface area contributed by atoms with Crippen LogP contribution in [0.4, 0.5) is 0 Å². The van der Waals surface area contributed by atoms with Crippen molar-refractivity contribution < 1.29 is 9.53 Å². The van der Waals surface area contributed by atoms with E-state index in [-0.39, 0.29) is 30.0 Å². The Bertz CT molecular complexity index is 874. The molecule has 136 valence electrons. The number of carbonyl (C=O) groups is 1. The summed E-state index contributed by atoms with van der Waals surface area (Å²) in [5.41, 5.74) is -0.191. The van der Waals surface area contributed by atoms with E-state index in [0.717, 1.165) is 19.4 Å². The van der Waals surface area contributed by atoms with Crippen LogP contribution in [0.3, 0.4) is 0 Å². The van der Waals surface area contributed by atoms with E-state index in [9.17, 15) is 14.4 Å². The number of hydrogen-bond donors (Lipinski definition) is 1. The highest BCUT2D eigenvalue weighted by Crippen LogP contribution is 2.15. The van der Waals surface area contributed by atoms with Crippen LogP contribution in [0.5, 0.6) is 0 Å². The molecular weight excluding hydrogens is 342 g/mol. The van der Waals surface area contributed by atoms with E-state index >= 15 is 0 Å². The van der Waals surface area contributed by atoms with Gasteiger partial charge in [-0.15, -0.1) is 11.3 Å². The maximum absolute atomic E-state index is 12.8. The summed E-state index contributed by atoms with van der Waals surface area (Å²) in [6, 6.07) is 1.72. The molecule has 1 atom stereocenters. The van der Waals surface area contributed by atoms with E-state index in [1.54, 1.807) is 11.4 Å². The molecule has 0 bridgehead atoms. The second kappa shape index (κ2) is 7.53. The van der Waals surface area contributed by atoms with Gasteiger partial charge in [-0.3, -0.25) is 18.7 Å². The van der Waals surface area contributed by atoms with Gasteiger partial charge < -0.3 is 10.1 Å². The van der Waals surface area contributed by atoms with E-state index in [1.165, 1.54) is 20.5 Å². The van der Waals surface area contributed by atoms with Crippen LogP contribution in [0.25, 0.3) is 10.2 Å². The molecule has 1 aliphatic heterocycles. The van der Waals surface area contributed by atoms with E-state index in [4.69, 9.17) is 4.74 Å². The van der Waals surface area contributed by atoms with Gasteiger partial charge in [-0.25, -0.2) is 4.79 Å². The van der Waals surface area contributed by atoms with Crippen LogP contribution in [0.1, 0.15) is 26.7 Å². The Morgan fingerprint density at radius 3 is 2.88 bits per heavy atom. The normalized spacial score (nSPS) is 17.5. The Morgan fingerprint density at radius 1 is 1.40 bits per heavy atom. The highest BCUT2D eigenvalue weighted by molar-refractivity contribution is 7.17.